The predicted molar refractivity (Wildman–Crippen MR) is 65.5 cm³/mol. The Bertz CT molecular complexity index is 502. The number of hydrogen-bond acceptors (Lipinski definition) is 2. The normalized spacial score (nSPS) is 15.7. The van der Waals surface area contributed by atoms with Gasteiger partial charge in [0.1, 0.15) is 0 Å². The van der Waals surface area contributed by atoms with E-state index in [9.17, 15) is 18.4 Å². The first-order chi connectivity index (χ1) is 9.06. The number of Topliss-reactive ketones (excluding diaryl/α,β-unsaturated/α-hetero) is 1. The molecule has 0 atom stereocenters. The van der Waals surface area contributed by atoms with E-state index in [0.29, 0.717) is 31.4 Å². The minimum Gasteiger partial charge on any atom is -0.335 e. The fraction of sp³-hybridized carbons (Fsp3) is 0.429. The van der Waals surface area contributed by atoms with Crippen LogP contribution in [0.25, 0.3) is 0 Å². The number of ketones is 1. The number of piperidine rings is 1. The predicted octanol–water partition coefficient (Wildman–Crippen LogP) is 2.09. The third-order valence-electron chi connectivity index (χ3n) is 3.22. The quantitative estimate of drug-likeness (QED) is 0.841. The van der Waals surface area contributed by atoms with Gasteiger partial charge in [0.25, 0.3) is 0 Å². The molecule has 19 heavy (non-hydrogen) atoms. The molecule has 2 rings (SSSR count). The summed E-state index contributed by atoms with van der Waals surface area (Å²) in [4.78, 5) is 24.7. The number of hydrogen-bond donors (Lipinski definition) is 0. The Labute approximate surface area is 110 Å². The minimum absolute atomic E-state index is 0.0763. The number of rotatable bonds is 3. The standard InChI is InChI=1S/C14H15F2NO2/c15-12-5-3-10(8-13(12)16)4-6-14(19)17-7-1-2-11(18)9-17/h3,5,8H,1-2,4,6-7,9H2. The van der Waals surface area contributed by atoms with E-state index in [-0.39, 0.29) is 24.7 Å². The summed E-state index contributed by atoms with van der Waals surface area (Å²) in [6, 6.07) is 3.62. The fourth-order valence-corrected chi connectivity index (χ4v) is 2.16. The molecular formula is C14H15F2NO2. The number of amides is 1. The topological polar surface area (TPSA) is 37.4 Å². The molecule has 1 aromatic carbocycles. The molecule has 0 spiro atoms. The van der Waals surface area contributed by atoms with E-state index in [4.69, 9.17) is 0 Å². The lowest BCUT2D eigenvalue weighted by Gasteiger charge is -2.25. The lowest BCUT2D eigenvalue weighted by molar-refractivity contribution is -0.137. The molecule has 1 amide bonds. The zero-order valence-electron chi connectivity index (χ0n) is 10.5. The monoisotopic (exact) mass is 267 g/mol. The Balaban J connectivity index is 1.89. The molecule has 1 aliphatic rings. The van der Waals surface area contributed by atoms with Crippen molar-refractivity contribution in [1.29, 1.82) is 0 Å². The Morgan fingerprint density at radius 1 is 1.26 bits per heavy atom. The second-order valence-electron chi connectivity index (χ2n) is 4.71. The van der Waals surface area contributed by atoms with Crippen LogP contribution in [-0.4, -0.2) is 29.7 Å². The summed E-state index contributed by atoms with van der Waals surface area (Å²) >= 11 is 0. The molecule has 3 nitrogen and oxygen atoms in total. The maximum atomic E-state index is 13.0. The van der Waals surface area contributed by atoms with Crippen LogP contribution in [0.15, 0.2) is 18.2 Å². The molecule has 102 valence electrons. The van der Waals surface area contributed by atoms with Crippen molar-refractivity contribution in [2.45, 2.75) is 25.7 Å². The van der Waals surface area contributed by atoms with E-state index < -0.39 is 11.6 Å². The van der Waals surface area contributed by atoms with E-state index >= 15 is 0 Å². The van der Waals surface area contributed by atoms with E-state index in [1.165, 1.54) is 11.0 Å². The highest BCUT2D eigenvalue weighted by Gasteiger charge is 2.21. The van der Waals surface area contributed by atoms with Gasteiger partial charge in [0.15, 0.2) is 17.4 Å². The molecule has 1 fully saturated rings. The van der Waals surface area contributed by atoms with Crippen LogP contribution >= 0.6 is 0 Å². The third-order valence-corrected chi connectivity index (χ3v) is 3.22. The van der Waals surface area contributed by atoms with Gasteiger partial charge in [0.2, 0.25) is 5.91 Å². The number of likely N-dealkylation sites (tertiary alicyclic amines) is 1. The van der Waals surface area contributed by atoms with Crippen molar-refractivity contribution in [1.82, 2.24) is 4.90 Å². The van der Waals surface area contributed by atoms with Crippen LogP contribution in [0.2, 0.25) is 0 Å². The molecule has 0 aromatic heterocycles. The average molecular weight is 267 g/mol. The van der Waals surface area contributed by atoms with Crippen molar-refractivity contribution in [3.05, 3.63) is 35.4 Å². The summed E-state index contributed by atoms with van der Waals surface area (Å²) in [6.45, 7) is 0.777. The number of halogens is 2. The van der Waals surface area contributed by atoms with Crippen LogP contribution in [0.1, 0.15) is 24.8 Å². The highest BCUT2D eigenvalue weighted by atomic mass is 19.2. The highest BCUT2D eigenvalue weighted by molar-refractivity contribution is 5.87. The lowest BCUT2D eigenvalue weighted by atomic mass is 10.1. The SMILES string of the molecule is O=C1CCCN(C(=O)CCc2ccc(F)c(F)c2)C1. The maximum Gasteiger partial charge on any atom is 0.223 e. The van der Waals surface area contributed by atoms with Crippen molar-refractivity contribution in [2.24, 2.45) is 0 Å². The summed E-state index contributed by atoms with van der Waals surface area (Å²) in [5.74, 6) is -1.83. The third kappa shape index (κ3) is 3.59. The maximum absolute atomic E-state index is 13.0. The summed E-state index contributed by atoms with van der Waals surface area (Å²) in [6.07, 6.45) is 1.79. The number of benzene rings is 1. The average Bonchev–Trinajstić information content (AvgIpc) is 2.40. The molecule has 0 unspecified atom stereocenters. The first-order valence-corrected chi connectivity index (χ1v) is 6.29. The zero-order chi connectivity index (χ0) is 13.8. The van der Waals surface area contributed by atoms with Crippen molar-refractivity contribution < 1.29 is 18.4 Å². The van der Waals surface area contributed by atoms with Crippen LogP contribution in [0.5, 0.6) is 0 Å². The van der Waals surface area contributed by atoms with E-state index in [1.54, 1.807) is 0 Å². The molecule has 0 bridgehead atoms. The van der Waals surface area contributed by atoms with E-state index in [1.807, 2.05) is 0 Å². The number of nitrogens with zero attached hydrogens (tertiary/aromatic N) is 1. The molecule has 1 aromatic rings. The Kier molecular flexibility index (Phi) is 4.24. The van der Waals surface area contributed by atoms with Gasteiger partial charge in [-0.05, 0) is 30.5 Å². The Morgan fingerprint density at radius 3 is 2.74 bits per heavy atom. The van der Waals surface area contributed by atoms with E-state index in [2.05, 4.69) is 0 Å². The summed E-state index contributed by atoms with van der Waals surface area (Å²) in [5.41, 5.74) is 0.579. The second-order valence-corrected chi connectivity index (χ2v) is 4.71. The Hall–Kier alpha value is -1.78. The van der Waals surface area contributed by atoms with Gasteiger partial charge < -0.3 is 4.90 Å². The molecule has 1 heterocycles. The number of carbonyl (C=O) groups is 2. The number of aryl methyl sites for hydroxylation is 1. The molecule has 1 saturated heterocycles. The smallest absolute Gasteiger partial charge is 0.223 e. The van der Waals surface area contributed by atoms with Crippen LogP contribution in [-0.2, 0) is 16.0 Å². The van der Waals surface area contributed by atoms with Crippen LogP contribution in [0, 0.1) is 11.6 Å². The minimum atomic E-state index is -0.905. The van der Waals surface area contributed by atoms with Gasteiger partial charge in [0.05, 0.1) is 6.54 Å². The number of carbonyl (C=O) groups excluding carboxylic acids is 2. The largest absolute Gasteiger partial charge is 0.335 e. The van der Waals surface area contributed by atoms with Crippen molar-refractivity contribution in [3.8, 4) is 0 Å². The molecular weight excluding hydrogens is 252 g/mol. The van der Waals surface area contributed by atoms with Gasteiger partial charge in [0, 0.05) is 19.4 Å². The molecule has 0 N–H and O–H groups in total. The molecule has 5 heteroatoms. The van der Waals surface area contributed by atoms with Crippen molar-refractivity contribution in [2.75, 3.05) is 13.1 Å². The van der Waals surface area contributed by atoms with Crippen LogP contribution in [0.3, 0.4) is 0 Å². The molecule has 0 aliphatic carbocycles. The highest BCUT2D eigenvalue weighted by Crippen LogP contribution is 2.12. The molecule has 1 aliphatic heterocycles. The summed E-state index contributed by atoms with van der Waals surface area (Å²) in [7, 11) is 0. The summed E-state index contributed by atoms with van der Waals surface area (Å²) < 4.78 is 25.7. The van der Waals surface area contributed by atoms with Crippen molar-refractivity contribution in [3.63, 3.8) is 0 Å². The fourth-order valence-electron chi connectivity index (χ4n) is 2.16. The van der Waals surface area contributed by atoms with Gasteiger partial charge in [-0.3, -0.25) is 9.59 Å². The van der Waals surface area contributed by atoms with Gasteiger partial charge in [-0.25, -0.2) is 8.78 Å². The van der Waals surface area contributed by atoms with Gasteiger partial charge in [-0.1, -0.05) is 6.07 Å². The lowest BCUT2D eigenvalue weighted by Crippen LogP contribution is -2.40. The second kappa shape index (κ2) is 5.91. The first-order valence-electron chi connectivity index (χ1n) is 6.29. The zero-order valence-corrected chi connectivity index (χ0v) is 10.5. The Morgan fingerprint density at radius 2 is 2.05 bits per heavy atom. The van der Waals surface area contributed by atoms with Crippen LogP contribution < -0.4 is 0 Å². The van der Waals surface area contributed by atoms with E-state index in [0.717, 1.165) is 12.1 Å². The van der Waals surface area contributed by atoms with Crippen LogP contribution in [0.4, 0.5) is 8.78 Å². The summed E-state index contributed by atoms with van der Waals surface area (Å²) in [5, 5.41) is 0. The van der Waals surface area contributed by atoms with Gasteiger partial charge >= 0.3 is 0 Å². The molecule has 0 radical (unpaired) electrons. The van der Waals surface area contributed by atoms with Gasteiger partial charge in [-0.15, -0.1) is 0 Å². The van der Waals surface area contributed by atoms with Crippen molar-refractivity contribution >= 4 is 11.7 Å². The van der Waals surface area contributed by atoms with Gasteiger partial charge in [-0.2, -0.15) is 0 Å². The molecule has 0 saturated carbocycles. The first kappa shape index (κ1) is 13.6.